The summed E-state index contributed by atoms with van der Waals surface area (Å²) in [5, 5.41) is 36.1. The first-order valence-corrected chi connectivity index (χ1v) is 12.6. The van der Waals surface area contributed by atoms with Crippen LogP contribution in [0.15, 0.2) is 78.9 Å². The second-order valence-electron chi connectivity index (χ2n) is 9.27. The van der Waals surface area contributed by atoms with Gasteiger partial charge < -0.3 is 37.0 Å². The molecule has 0 aliphatic rings. The summed E-state index contributed by atoms with van der Waals surface area (Å²) < 4.78 is 0. The number of hydrogen-bond donors (Lipinski definition) is 7. The van der Waals surface area contributed by atoms with Crippen LogP contribution in [0.5, 0.6) is 11.5 Å². The summed E-state index contributed by atoms with van der Waals surface area (Å²) >= 11 is 0. The lowest BCUT2D eigenvalue weighted by Crippen LogP contribution is -2.55. The second-order valence-corrected chi connectivity index (χ2v) is 9.27. The SMILES string of the molecule is NC(Cc1ccc(O)cc1)C(=O)NCC(=O)NC(Cc1ccc(O)cc1)C(=O)NC(Cc1ccccc1)C(=O)O. The number of benzene rings is 3. The van der Waals surface area contributed by atoms with Crippen molar-refractivity contribution in [2.24, 2.45) is 5.73 Å². The third-order valence-corrected chi connectivity index (χ3v) is 6.08. The summed E-state index contributed by atoms with van der Waals surface area (Å²) in [6, 6.07) is 17.6. The number of aromatic hydroxyl groups is 2. The summed E-state index contributed by atoms with van der Waals surface area (Å²) in [6.07, 6.45) is 0.220. The minimum absolute atomic E-state index is 0.00381. The van der Waals surface area contributed by atoms with E-state index in [0.717, 1.165) is 5.56 Å². The predicted molar refractivity (Wildman–Crippen MR) is 146 cm³/mol. The number of carboxylic acid groups (broad SMARTS) is 1. The first kappa shape index (κ1) is 29.7. The van der Waals surface area contributed by atoms with Gasteiger partial charge in [-0.25, -0.2) is 4.79 Å². The zero-order valence-electron chi connectivity index (χ0n) is 21.6. The van der Waals surface area contributed by atoms with Crippen molar-refractivity contribution in [1.29, 1.82) is 0 Å². The third-order valence-electron chi connectivity index (χ3n) is 6.08. The number of nitrogens with two attached hydrogens (primary N) is 1. The maximum Gasteiger partial charge on any atom is 0.326 e. The van der Waals surface area contributed by atoms with Gasteiger partial charge in [0.15, 0.2) is 0 Å². The molecular weight excluding hydrogens is 516 g/mol. The van der Waals surface area contributed by atoms with Gasteiger partial charge in [-0.15, -0.1) is 0 Å². The summed E-state index contributed by atoms with van der Waals surface area (Å²) in [7, 11) is 0. The molecule has 40 heavy (non-hydrogen) atoms. The van der Waals surface area contributed by atoms with Crippen LogP contribution in [0.4, 0.5) is 0 Å². The van der Waals surface area contributed by atoms with E-state index in [0.29, 0.717) is 11.1 Å². The van der Waals surface area contributed by atoms with E-state index < -0.39 is 48.4 Å². The number of aliphatic carboxylic acids is 1. The lowest BCUT2D eigenvalue weighted by molar-refractivity contribution is -0.142. The van der Waals surface area contributed by atoms with Crippen LogP contribution in [0.1, 0.15) is 16.7 Å². The first-order valence-electron chi connectivity index (χ1n) is 12.6. The summed E-state index contributed by atoms with van der Waals surface area (Å²) in [6.45, 7) is -0.464. The molecule has 3 atom stereocenters. The maximum absolute atomic E-state index is 13.2. The molecule has 0 aliphatic heterocycles. The van der Waals surface area contributed by atoms with Crippen molar-refractivity contribution in [2.75, 3.05) is 6.54 Å². The van der Waals surface area contributed by atoms with Gasteiger partial charge >= 0.3 is 5.97 Å². The third kappa shape index (κ3) is 9.44. The highest BCUT2D eigenvalue weighted by Crippen LogP contribution is 2.13. The molecule has 8 N–H and O–H groups in total. The molecule has 0 aliphatic carbocycles. The molecule has 3 rings (SSSR count). The van der Waals surface area contributed by atoms with Gasteiger partial charge in [0, 0.05) is 12.8 Å². The largest absolute Gasteiger partial charge is 0.508 e. The molecule has 3 aromatic rings. The van der Waals surface area contributed by atoms with E-state index in [9.17, 15) is 34.5 Å². The quantitative estimate of drug-likeness (QED) is 0.162. The summed E-state index contributed by atoms with van der Waals surface area (Å²) in [5.74, 6) is -3.12. The molecule has 0 saturated carbocycles. The topological polar surface area (TPSA) is 191 Å². The molecule has 3 amide bonds. The Balaban J connectivity index is 1.63. The van der Waals surface area contributed by atoms with Gasteiger partial charge in [-0.2, -0.15) is 0 Å². The highest BCUT2D eigenvalue weighted by Gasteiger charge is 2.27. The van der Waals surface area contributed by atoms with Crippen molar-refractivity contribution in [1.82, 2.24) is 16.0 Å². The second kappa shape index (κ2) is 14.3. The number of hydrogen-bond acceptors (Lipinski definition) is 7. The first-order chi connectivity index (χ1) is 19.1. The van der Waals surface area contributed by atoms with Gasteiger partial charge in [-0.1, -0.05) is 54.6 Å². The van der Waals surface area contributed by atoms with Crippen molar-refractivity contribution < 1.29 is 34.5 Å². The number of carbonyl (C=O) groups is 4. The number of amides is 3. The van der Waals surface area contributed by atoms with Crippen molar-refractivity contribution in [3.05, 3.63) is 95.6 Å². The van der Waals surface area contributed by atoms with Crippen molar-refractivity contribution >= 4 is 23.7 Å². The zero-order valence-corrected chi connectivity index (χ0v) is 21.6. The average molecular weight is 549 g/mol. The molecule has 0 saturated heterocycles. The fourth-order valence-corrected chi connectivity index (χ4v) is 3.92. The van der Waals surface area contributed by atoms with Crippen LogP contribution >= 0.6 is 0 Å². The molecule has 0 spiro atoms. The van der Waals surface area contributed by atoms with E-state index in [2.05, 4.69) is 16.0 Å². The molecule has 3 aromatic carbocycles. The Labute approximate surface area is 231 Å². The highest BCUT2D eigenvalue weighted by atomic mass is 16.4. The molecule has 0 radical (unpaired) electrons. The predicted octanol–water partition coefficient (Wildman–Crippen LogP) is 0.623. The molecule has 3 unspecified atom stereocenters. The van der Waals surface area contributed by atoms with Crippen LogP contribution in [-0.2, 0) is 38.4 Å². The van der Waals surface area contributed by atoms with E-state index in [1.165, 1.54) is 24.3 Å². The van der Waals surface area contributed by atoms with E-state index in [-0.39, 0.29) is 30.8 Å². The lowest BCUT2D eigenvalue weighted by Gasteiger charge is -2.22. The van der Waals surface area contributed by atoms with Crippen LogP contribution in [-0.4, -0.2) is 63.7 Å². The summed E-state index contributed by atoms with van der Waals surface area (Å²) in [5.41, 5.74) is 7.97. The smallest absolute Gasteiger partial charge is 0.326 e. The lowest BCUT2D eigenvalue weighted by atomic mass is 10.0. The van der Waals surface area contributed by atoms with Gasteiger partial charge in [-0.3, -0.25) is 14.4 Å². The average Bonchev–Trinajstić information content (AvgIpc) is 2.93. The minimum Gasteiger partial charge on any atom is -0.508 e. The monoisotopic (exact) mass is 548 g/mol. The van der Waals surface area contributed by atoms with E-state index in [1.54, 1.807) is 54.6 Å². The molecule has 0 bridgehead atoms. The van der Waals surface area contributed by atoms with Gasteiger partial charge in [0.2, 0.25) is 17.7 Å². The Morgan fingerprint density at radius 2 is 1.15 bits per heavy atom. The van der Waals surface area contributed by atoms with Gasteiger partial charge in [0.1, 0.15) is 23.6 Å². The van der Waals surface area contributed by atoms with Crippen LogP contribution < -0.4 is 21.7 Å². The van der Waals surface area contributed by atoms with Gasteiger partial charge in [0.05, 0.1) is 12.6 Å². The Hall–Kier alpha value is -4.90. The van der Waals surface area contributed by atoms with E-state index in [4.69, 9.17) is 5.73 Å². The van der Waals surface area contributed by atoms with E-state index in [1.807, 2.05) is 0 Å². The Morgan fingerprint density at radius 1 is 0.650 bits per heavy atom. The number of carbonyl (C=O) groups excluding carboxylic acids is 3. The van der Waals surface area contributed by atoms with Crippen molar-refractivity contribution in [2.45, 2.75) is 37.4 Å². The fraction of sp³-hybridized carbons (Fsp3) is 0.241. The van der Waals surface area contributed by atoms with Crippen LogP contribution in [0.25, 0.3) is 0 Å². The van der Waals surface area contributed by atoms with Gasteiger partial charge in [-0.05, 0) is 47.4 Å². The Kier molecular flexibility index (Phi) is 10.6. The zero-order chi connectivity index (χ0) is 29.1. The van der Waals surface area contributed by atoms with Crippen molar-refractivity contribution in [3.63, 3.8) is 0 Å². The van der Waals surface area contributed by atoms with Crippen LogP contribution in [0, 0.1) is 0 Å². The van der Waals surface area contributed by atoms with Crippen LogP contribution in [0.3, 0.4) is 0 Å². The Morgan fingerprint density at radius 3 is 1.70 bits per heavy atom. The number of rotatable bonds is 13. The molecule has 11 nitrogen and oxygen atoms in total. The number of nitrogens with one attached hydrogen (secondary N) is 3. The normalized spacial score (nSPS) is 12.9. The molecule has 0 aromatic heterocycles. The highest BCUT2D eigenvalue weighted by molar-refractivity contribution is 5.92. The number of phenols is 2. The Bertz CT molecular complexity index is 1300. The molecule has 210 valence electrons. The number of carboxylic acids is 1. The van der Waals surface area contributed by atoms with Gasteiger partial charge in [0.25, 0.3) is 0 Å². The molecular formula is C29H32N4O7. The minimum atomic E-state index is -1.24. The maximum atomic E-state index is 13.2. The summed E-state index contributed by atoms with van der Waals surface area (Å²) in [4.78, 5) is 50.2. The van der Waals surface area contributed by atoms with Crippen LogP contribution in [0.2, 0.25) is 0 Å². The standard InChI is InChI=1S/C29H32N4O7/c30-23(14-19-6-10-21(34)11-7-19)27(37)31-17-26(36)32-24(15-20-8-12-22(35)13-9-20)28(38)33-25(29(39)40)16-18-4-2-1-3-5-18/h1-13,23-25,34-35H,14-17,30H2,(H,31,37)(H,32,36)(H,33,38)(H,39,40). The molecule has 0 heterocycles. The molecule has 0 fully saturated rings. The molecule has 11 heteroatoms. The fourth-order valence-electron chi connectivity index (χ4n) is 3.92. The van der Waals surface area contributed by atoms with E-state index >= 15 is 0 Å². The number of phenolic OH excluding ortho intramolecular Hbond substituents is 2. The van der Waals surface area contributed by atoms with Crippen molar-refractivity contribution in [3.8, 4) is 11.5 Å².